The van der Waals surface area contributed by atoms with Gasteiger partial charge in [0.1, 0.15) is 11.8 Å². The molecule has 8 nitrogen and oxygen atoms in total. The van der Waals surface area contributed by atoms with Crippen LogP contribution in [-0.2, 0) is 14.4 Å². The molecule has 0 bridgehead atoms. The van der Waals surface area contributed by atoms with E-state index in [1.807, 2.05) is 4.90 Å². The van der Waals surface area contributed by atoms with E-state index in [2.05, 4.69) is 10.1 Å². The van der Waals surface area contributed by atoms with Gasteiger partial charge >= 0.3 is 12.3 Å². The second-order valence-electron chi connectivity index (χ2n) is 7.66. The fourth-order valence-corrected chi connectivity index (χ4v) is 3.63. The van der Waals surface area contributed by atoms with Gasteiger partial charge in [-0.05, 0) is 17.7 Å². The zero-order chi connectivity index (χ0) is 24.7. The van der Waals surface area contributed by atoms with E-state index in [1.165, 1.54) is 18.2 Å². The number of nitrogens with one attached hydrogen (secondary N) is 1. The molecule has 2 amide bonds. The van der Waals surface area contributed by atoms with Gasteiger partial charge in [0.15, 0.2) is 0 Å². The summed E-state index contributed by atoms with van der Waals surface area (Å²) in [5.74, 6) is -2.33. The van der Waals surface area contributed by atoms with Gasteiger partial charge in [-0.3, -0.25) is 14.4 Å². The van der Waals surface area contributed by atoms with Gasteiger partial charge < -0.3 is 25.0 Å². The maximum absolute atomic E-state index is 13.3. The van der Waals surface area contributed by atoms with Crippen molar-refractivity contribution in [3.8, 4) is 5.75 Å². The minimum absolute atomic E-state index is 0.254. The summed E-state index contributed by atoms with van der Waals surface area (Å²) in [6.45, 7) is 1.32. The van der Waals surface area contributed by atoms with Gasteiger partial charge in [-0.15, -0.1) is 13.2 Å². The number of nitrogens with zero attached hydrogens (tertiary/aromatic N) is 2. The van der Waals surface area contributed by atoms with Gasteiger partial charge in [0, 0.05) is 44.4 Å². The largest absolute Gasteiger partial charge is 0.573 e. The Balaban J connectivity index is 1.66. The summed E-state index contributed by atoms with van der Waals surface area (Å²) in [4.78, 5) is 39.7. The zero-order valence-corrected chi connectivity index (χ0v) is 18.1. The van der Waals surface area contributed by atoms with E-state index in [4.69, 9.17) is 5.11 Å². The topological polar surface area (TPSA) is 99.2 Å². The number of carbonyl (C=O) groups is 3. The Morgan fingerprint density at radius 1 is 0.971 bits per heavy atom. The van der Waals surface area contributed by atoms with E-state index in [0.29, 0.717) is 24.3 Å². The quantitative estimate of drug-likeness (QED) is 0.604. The van der Waals surface area contributed by atoms with E-state index in [0.717, 1.165) is 0 Å². The third-order valence-electron chi connectivity index (χ3n) is 5.26. The zero-order valence-electron chi connectivity index (χ0n) is 18.1. The molecule has 0 aliphatic carbocycles. The van der Waals surface area contributed by atoms with Crippen molar-refractivity contribution in [2.45, 2.75) is 25.2 Å². The van der Waals surface area contributed by atoms with Crippen LogP contribution in [-0.4, -0.2) is 60.3 Å². The lowest BCUT2D eigenvalue weighted by Crippen LogP contribution is -2.52. The molecule has 0 spiro atoms. The fraction of sp³-hybridized carbons (Fsp3) is 0.348. The Bertz CT molecular complexity index is 1010. The number of carbonyl (C=O) groups excluding carboxylic acids is 2. The SMILES string of the molecule is O=C(O)CCC(=O)N[C@@H](C(=O)N1CCN(c2cccc(OC(F)(F)F)c2)CC1)c1ccccc1. The number of benzene rings is 2. The summed E-state index contributed by atoms with van der Waals surface area (Å²) in [7, 11) is 0. The van der Waals surface area contributed by atoms with Crippen LogP contribution in [0.4, 0.5) is 18.9 Å². The molecule has 1 heterocycles. The third-order valence-corrected chi connectivity index (χ3v) is 5.26. The van der Waals surface area contributed by atoms with Crippen LogP contribution in [0.2, 0.25) is 0 Å². The number of hydrogen-bond acceptors (Lipinski definition) is 5. The second-order valence-corrected chi connectivity index (χ2v) is 7.66. The van der Waals surface area contributed by atoms with Gasteiger partial charge in [0.05, 0.1) is 6.42 Å². The number of piperazine rings is 1. The molecule has 2 aromatic rings. The molecule has 0 aromatic heterocycles. The summed E-state index contributed by atoms with van der Waals surface area (Å²) < 4.78 is 41.5. The minimum atomic E-state index is -4.79. The summed E-state index contributed by atoms with van der Waals surface area (Å²) >= 11 is 0. The van der Waals surface area contributed by atoms with E-state index in [-0.39, 0.29) is 37.6 Å². The van der Waals surface area contributed by atoms with Crippen LogP contribution in [0.25, 0.3) is 0 Å². The molecule has 3 rings (SSSR count). The molecule has 0 radical (unpaired) electrons. The van der Waals surface area contributed by atoms with Crippen LogP contribution >= 0.6 is 0 Å². The Kier molecular flexibility index (Phi) is 7.98. The number of carboxylic acid groups (broad SMARTS) is 1. The van der Waals surface area contributed by atoms with Crippen LogP contribution in [0, 0.1) is 0 Å². The summed E-state index contributed by atoms with van der Waals surface area (Å²) in [5.41, 5.74) is 1.10. The lowest BCUT2D eigenvalue weighted by atomic mass is 10.0. The molecule has 2 aromatic carbocycles. The molecule has 1 fully saturated rings. The predicted octanol–water partition coefficient (Wildman–Crippen LogP) is 2.96. The van der Waals surface area contributed by atoms with Gasteiger partial charge in [-0.25, -0.2) is 0 Å². The highest BCUT2D eigenvalue weighted by Crippen LogP contribution is 2.27. The van der Waals surface area contributed by atoms with Crippen molar-refractivity contribution in [1.29, 1.82) is 0 Å². The van der Waals surface area contributed by atoms with Crippen molar-refractivity contribution in [1.82, 2.24) is 10.2 Å². The smallest absolute Gasteiger partial charge is 0.481 e. The number of ether oxygens (including phenoxy) is 1. The van der Waals surface area contributed by atoms with E-state index in [9.17, 15) is 27.6 Å². The molecule has 11 heteroatoms. The molecule has 1 saturated heterocycles. The van der Waals surface area contributed by atoms with Gasteiger partial charge in [-0.1, -0.05) is 36.4 Å². The van der Waals surface area contributed by atoms with E-state index >= 15 is 0 Å². The predicted molar refractivity (Wildman–Crippen MR) is 116 cm³/mol. The Morgan fingerprint density at radius 3 is 2.26 bits per heavy atom. The molecule has 1 aliphatic rings. The molecular weight excluding hydrogens is 455 g/mol. The van der Waals surface area contributed by atoms with Crippen LogP contribution in [0.5, 0.6) is 5.75 Å². The highest BCUT2D eigenvalue weighted by Gasteiger charge is 2.32. The number of aliphatic carboxylic acids is 1. The second kappa shape index (κ2) is 10.9. The third kappa shape index (κ3) is 7.12. The van der Waals surface area contributed by atoms with Crippen LogP contribution in [0.1, 0.15) is 24.4 Å². The van der Waals surface area contributed by atoms with Crippen molar-refractivity contribution < 1.29 is 37.4 Å². The summed E-state index contributed by atoms with van der Waals surface area (Å²) in [6, 6.07) is 13.3. The van der Waals surface area contributed by atoms with Crippen LogP contribution < -0.4 is 15.0 Å². The first-order valence-electron chi connectivity index (χ1n) is 10.6. The normalized spacial score (nSPS) is 14.9. The molecule has 1 aliphatic heterocycles. The van der Waals surface area contributed by atoms with Crippen LogP contribution in [0.3, 0.4) is 0 Å². The van der Waals surface area contributed by atoms with Gasteiger partial charge in [0.2, 0.25) is 11.8 Å². The van der Waals surface area contributed by atoms with Crippen molar-refractivity contribution in [2.75, 3.05) is 31.1 Å². The maximum Gasteiger partial charge on any atom is 0.573 e. The fourth-order valence-electron chi connectivity index (χ4n) is 3.63. The number of amides is 2. The molecule has 1 atom stereocenters. The first-order chi connectivity index (χ1) is 16.1. The number of alkyl halides is 3. The number of anilines is 1. The van der Waals surface area contributed by atoms with E-state index in [1.54, 1.807) is 41.3 Å². The standard InChI is InChI=1S/C23H24F3N3O5/c24-23(25,26)34-18-8-4-7-17(15-18)28-11-13-29(14-12-28)22(33)21(16-5-2-1-3-6-16)27-19(30)9-10-20(31)32/h1-8,15,21H,9-14H2,(H,27,30)(H,31,32)/t21-/m1/s1. The summed E-state index contributed by atoms with van der Waals surface area (Å²) in [5, 5.41) is 11.4. The average molecular weight is 479 g/mol. The van der Waals surface area contributed by atoms with Crippen molar-refractivity contribution in [3.05, 3.63) is 60.2 Å². The Hall–Kier alpha value is -3.76. The molecule has 34 heavy (non-hydrogen) atoms. The molecular formula is C23H24F3N3O5. The Morgan fingerprint density at radius 2 is 1.65 bits per heavy atom. The maximum atomic E-state index is 13.3. The Labute approximate surface area is 193 Å². The number of halogens is 3. The monoisotopic (exact) mass is 479 g/mol. The number of rotatable bonds is 8. The molecule has 0 saturated carbocycles. The van der Waals surface area contributed by atoms with Crippen LogP contribution in [0.15, 0.2) is 54.6 Å². The van der Waals surface area contributed by atoms with Crippen molar-refractivity contribution in [3.63, 3.8) is 0 Å². The molecule has 182 valence electrons. The average Bonchev–Trinajstić information content (AvgIpc) is 2.80. The highest BCUT2D eigenvalue weighted by atomic mass is 19.4. The van der Waals surface area contributed by atoms with Crippen molar-refractivity contribution >= 4 is 23.5 Å². The highest BCUT2D eigenvalue weighted by molar-refractivity contribution is 5.89. The number of hydrogen-bond donors (Lipinski definition) is 2. The lowest BCUT2D eigenvalue weighted by Gasteiger charge is -2.37. The van der Waals surface area contributed by atoms with Crippen molar-refractivity contribution in [2.24, 2.45) is 0 Å². The molecule has 0 unspecified atom stereocenters. The first kappa shape index (κ1) is 24.9. The lowest BCUT2D eigenvalue weighted by molar-refractivity contribution is -0.274. The van der Waals surface area contributed by atoms with E-state index < -0.39 is 24.3 Å². The van der Waals surface area contributed by atoms with Gasteiger partial charge in [-0.2, -0.15) is 0 Å². The first-order valence-corrected chi connectivity index (χ1v) is 10.6. The molecule has 2 N–H and O–H groups in total. The summed E-state index contributed by atoms with van der Waals surface area (Å²) in [6.07, 6.45) is -5.39. The number of carboxylic acids is 1. The minimum Gasteiger partial charge on any atom is -0.481 e. The van der Waals surface area contributed by atoms with Gasteiger partial charge in [0.25, 0.3) is 0 Å².